The molecular weight excluding hydrogens is 350 g/mol. The zero-order valence-corrected chi connectivity index (χ0v) is 16.3. The second-order valence-corrected chi connectivity index (χ2v) is 5.96. The number of Topliss-reactive ketones (excluding diaryl/α,β-unsaturated/α-hetero) is 1. The van der Waals surface area contributed by atoms with Crippen LogP contribution in [0.3, 0.4) is 0 Å². The first-order valence-electron chi connectivity index (χ1n) is 8.59. The van der Waals surface area contributed by atoms with E-state index in [2.05, 4.69) is 4.90 Å². The van der Waals surface area contributed by atoms with Crippen molar-refractivity contribution >= 4 is 18.2 Å². The lowest BCUT2D eigenvalue weighted by Gasteiger charge is -2.31. The van der Waals surface area contributed by atoms with Crippen molar-refractivity contribution in [3.05, 3.63) is 71.8 Å². The van der Waals surface area contributed by atoms with Crippen LogP contribution in [-0.4, -0.2) is 51.2 Å². The molecule has 0 aliphatic heterocycles. The van der Waals surface area contributed by atoms with Crippen molar-refractivity contribution in [3.8, 4) is 0 Å². The van der Waals surface area contributed by atoms with Gasteiger partial charge in [0.05, 0.1) is 19.3 Å². The van der Waals surface area contributed by atoms with Crippen LogP contribution in [0.25, 0.3) is 0 Å². The molecule has 2 aromatic carbocycles. The Morgan fingerprint density at radius 2 is 1.38 bits per heavy atom. The van der Waals surface area contributed by atoms with E-state index in [1.807, 2.05) is 60.7 Å². The number of methoxy groups -OCH3 is 2. The lowest BCUT2D eigenvalue weighted by Crippen LogP contribution is -2.39. The molecule has 0 fully saturated rings. The number of carbonyl (C=O) groups is 1. The molecule has 4 nitrogen and oxygen atoms in total. The molecule has 0 radical (unpaired) electrons. The Balaban J connectivity index is 0.00000338. The summed E-state index contributed by atoms with van der Waals surface area (Å²) in [6, 6.07) is 19.5. The molecular formula is C21H28ClNO3. The van der Waals surface area contributed by atoms with Crippen molar-refractivity contribution in [3.63, 3.8) is 0 Å². The summed E-state index contributed by atoms with van der Waals surface area (Å²) in [4.78, 5) is 15.3. The van der Waals surface area contributed by atoms with Gasteiger partial charge in [-0.05, 0) is 11.1 Å². The molecule has 0 saturated carbocycles. The molecule has 0 spiro atoms. The number of hydrogen-bond donors (Lipinski definition) is 0. The fraction of sp³-hybridized carbons (Fsp3) is 0.381. The van der Waals surface area contributed by atoms with E-state index in [-0.39, 0.29) is 24.2 Å². The van der Waals surface area contributed by atoms with Crippen LogP contribution in [0.4, 0.5) is 0 Å². The molecule has 0 heterocycles. The molecule has 142 valence electrons. The Morgan fingerprint density at radius 3 is 1.88 bits per heavy atom. The molecule has 0 aromatic heterocycles. The molecule has 2 rings (SSSR count). The van der Waals surface area contributed by atoms with Crippen molar-refractivity contribution in [1.82, 2.24) is 4.90 Å². The topological polar surface area (TPSA) is 38.8 Å². The lowest BCUT2D eigenvalue weighted by molar-refractivity contribution is -0.124. The molecule has 0 N–H and O–H groups in total. The molecule has 2 aromatic rings. The van der Waals surface area contributed by atoms with Crippen LogP contribution in [0, 0.1) is 0 Å². The van der Waals surface area contributed by atoms with Gasteiger partial charge in [0, 0.05) is 33.7 Å². The number of carbonyl (C=O) groups excluding carboxylic acids is 1. The van der Waals surface area contributed by atoms with Crippen LogP contribution in [-0.2, 0) is 20.7 Å². The molecule has 0 aliphatic carbocycles. The number of hydrogen-bond acceptors (Lipinski definition) is 4. The molecule has 0 aliphatic rings. The average molecular weight is 378 g/mol. The highest BCUT2D eigenvalue weighted by molar-refractivity contribution is 5.87. The van der Waals surface area contributed by atoms with E-state index in [0.29, 0.717) is 32.7 Å². The Kier molecular flexibility index (Phi) is 10.8. The minimum Gasteiger partial charge on any atom is -0.383 e. The predicted molar refractivity (Wildman–Crippen MR) is 107 cm³/mol. The van der Waals surface area contributed by atoms with E-state index >= 15 is 0 Å². The van der Waals surface area contributed by atoms with Gasteiger partial charge in [-0.3, -0.25) is 9.69 Å². The van der Waals surface area contributed by atoms with Crippen molar-refractivity contribution in [2.24, 2.45) is 0 Å². The Morgan fingerprint density at radius 1 is 0.885 bits per heavy atom. The first kappa shape index (κ1) is 22.3. The van der Waals surface area contributed by atoms with E-state index in [1.165, 1.54) is 0 Å². The van der Waals surface area contributed by atoms with Gasteiger partial charge in [0.25, 0.3) is 0 Å². The summed E-state index contributed by atoms with van der Waals surface area (Å²) < 4.78 is 10.5. The van der Waals surface area contributed by atoms with Gasteiger partial charge < -0.3 is 9.47 Å². The number of benzene rings is 2. The summed E-state index contributed by atoms with van der Waals surface area (Å²) in [6.07, 6.45) is 0.414. The van der Waals surface area contributed by atoms with Gasteiger partial charge in [0.15, 0.2) is 5.78 Å². The van der Waals surface area contributed by atoms with Gasteiger partial charge in [0.2, 0.25) is 0 Å². The van der Waals surface area contributed by atoms with Crippen molar-refractivity contribution in [2.75, 3.05) is 40.5 Å². The van der Waals surface area contributed by atoms with E-state index in [1.54, 1.807) is 14.2 Å². The minimum atomic E-state index is -0.299. The maximum Gasteiger partial charge on any atom is 0.158 e. The largest absolute Gasteiger partial charge is 0.383 e. The summed E-state index contributed by atoms with van der Waals surface area (Å²) in [5.41, 5.74) is 2.04. The summed E-state index contributed by atoms with van der Waals surface area (Å²) in [7, 11) is 3.36. The first-order chi connectivity index (χ1) is 12.3. The highest BCUT2D eigenvalue weighted by Crippen LogP contribution is 2.23. The van der Waals surface area contributed by atoms with Crippen molar-refractivity contribution < 1.29 is 14.3 Å². The second kappa shape index (κ2) is 12.6. The van der Waals surface area contributed by atoms with E-state index in [0.717, 1.165) is 11.1 Å². The molecule has 1 unspecified atom stereocenters. The van der Waals surface area contributed by atoms with E-state index in [9.17, 15) is 4.79 Å². The van der Waals surface area contributed by atoms with Crippen molar-refractivity contribution in [1.29, 1.82) is 0 Å². The number of halogens is 1. The Hall–Kier alpha value is -1.72. The van der Waals surface area contributed by atoms with Crippen LogP contribution in [0.2, 0.25) is 0 Å². The minimum absolute atomic E-state index is 0. The SMILES string of the molecule is COCCN(CCOC)C(C(=O)Cc1ccccc1)c1ccccc1.Cl. The quantitative estimate of drug-likeness (QED) is 0.600. The van der Waals surface area contributed by atoms with Gasteiger partial charge in [-0.25, -0.2) is 0 Å². The summed E-state index contributed by atoms with van der Waals surface area (Å²) >= 11 is 0. The summed E-state index contributed by atoms with van der Waals surface area (Å²) in [6.45, 7) is 2.51. The van der Waals surface area contributed by atoms with Crippen LogP contribution in [0.1, 0.15) is 17.2 Å². The van der Waals surface area contributed by atoms with Crippen molar-refractivity contribution in [2.45, 2.75) is 12.5 Å². The zero-order valence-electron chi connectivity index (χ0n) is 15.5. The fourth-order valence-corrected chi connectivity index (χ4v) is 2.92. The third kappa shape index (κ3) is 6.89. The fourth-order valence-electron chi connectivity index (χ4n) is 2.92. The normalized spacial score (nSPS) is 11.8. The summed E-state index contributed by atoms with van der Waals surface area (Å²) in [5.74, 6) is 0.185. The smallest absolute Gasteiger partial charge is 0.158 e. The number of ether oxygens (including phenoxy) is 2. The predicted octanol–water partition coefficient (Wildman–Crippen LogP) is 3.56. The maximum absolute atomic E-state index is 13.2. The van der Waals surface area contributed by atoms with Gasteiger partial charge >= 0.3 is 0 Å². The highest BCUT2D eigenvalue weighted by Gasteiger charge is 2.27. The first-order valence-corrected chi connectivity index (χ1v) is 8.59. The van der Waals surface area contributed by atoms with Crippen LogP contribution >= 0.6 is 12.4 Å². The number of ketones is 1. The van der Waals surface area contributed by atoms with E-state index in [4.69, 9.17) is 9.47 Å². The van der Waals surface area contributed by atoms with Crippen LogP contribution < -0.4 is 0 Å². The monoisotopic (exact) mass is 377 g/mol. The molecule has 0 saturated heterocycles. The third-order valence-corrected chi connectivity index (χ3v) is 4.17. The molecule has 5 heteroatoms. The molecule has 0 amide bonds. The van der Waals surface area contributed by atoms with Crippen LogP contribution in [0.15, 0.2) is 60.7 Å². The maximum atomic E-state index is 13.2. The zero-order chi connectivity index (χ0) is 17.9. The molecule has 26 heavy (non-hydrogen) atoms. The number of nitrogens with zero attached hydrogens (tertiary/aromatic N) is 1. The standard InChI is InChI=1S/C21H27NO3.ClH/c1-24-15-13-22(14-16-25-2)21(19-11-7-4-8-12-19)20(23)17-18-9-5-3-6-10-18;/h3-12,21H,13-17H2,1-2H3;1H. The number of rotatable bonds is 11. The Bertz CT molecular complexity index is 614. The van der Waals surface area contributed by atoms with Gasteiger partial charge in [0.1, 0.15) is 0 Å². The van der Waals surface area contributed by atoms with Gasteiger partial charge in [-0.1, -0.05) is 60.7 Å². The third-order valence-electron chi connectivity index (χ3n) is 4.17. The molecule has 1 atom stereocenters. The summed E-state index contributed by atoms with van der Waals surface area (Å²) in [5, 5.41) is 0. The molecule has 0 bridgehead atoms. The highest BCUT2D eigenvalue weighted by atomic mass is 35.5. The van der Waals surface area contributed by atoms with E-state index < -0.39 is 0 Å². The van der Waals surface area contributed by atoms with Gasteiger partial charge in [-0.15, -0.1) is 12.4 Å². The van der Waals surface area contributed by atoms with Gasteiger partial charge in [-0.2, -0.15) is 0 Å². The van der Waals surface area contributed by atoms with Crippen LogP contribution in [0.5, 0.6) is 0 Å². The second-order valence-electron chi connectivity index (χ2n) is 5.96. The lowest BCUT2D eigenvalue weighted by atomic mass is 9.96. The average Bonchev–Trinajstić information content (AvgIpc) is 2.65. The Labute approximate surface area is 162 Å².